The van der Waals surface area contributed by atoms with Crippen LogP contribution in [0.2, 0.25) is 0 Å². The third-order valence-electron chi connectivity index (χ3n) is 6.08. The van der Waals surface area contributed by atoms with E-state index in [0.29, 0.717) is 5.56 Å². The lowest BCUT2D eigenvalue weighted by molar-refractivity contribution is -0.384. The molecular formula is C26H19NO2. The maximum absolute atomic E-state index is 11.6. The number of para-hydroxylation sites is 1. The third kappa shape index (κ3) is 2.51. The van der Waals surface area contributed by atoms with Crippen LogP contribution in [0.25, 0.3) is 22.3 Å². The van der Waals surface area contributed by atoms with Crippen molar-refractivity contribution in [3.63, 3.8) is 0 Å². The summed E-state index contributed by atoms with van der Waals surface area (Å²) in [4.78, 5) is 11.2. The SMILES string of the molecule is CC1(c2ccccc2)c2ccccc2-c2ccc(-c3ccccc3[N+](=O)[O-])cc21. The Balaban J connectivity index is 1.79. The monoisotopic (exact) mass is 377 g/mol. The van der Waals surface area contributed by atoms with E-state index in [9.17, 15) is 10.1 Å². The summed E-state index contributed by atoms with van der Waals surface area (Å²) in [6, 6.07) is 32.1. The van der Waals surface area contributed by atoms with Gasteiger partial charge in [0.1, 0.15) is 0 Å². The smallest absolute Gasteiger partial charge is 0.258 e. The summed E-state index contributed by atoms with van der Waals surface area (Å²) in [5.41, 5.74) is 7.40. The predicted octanol–water partition coefficient (Wildman–Crippen LogP) is 6.60. The van der Waals surface area contributed by atoms with Gasteiger partial charge in [0.05, 0.1) is 10.5 Å². The topological polar surface area (TPSA) is 43.1 Å². The van der Waals surface area contributed by atoms with Crippen molar-refractivity contribution in [3.05, 3.63) is 124 Å². The highest BCUT2D eigenvalue weighted by Crippen LogP contribution is 2.53. The fourth-order valence-corrected chi connectivity index (χ4v) is 4.62. The molecule has 3 nitrogen and oxygen atoms in total. The number of rotatable bonds is 3. The van der Waals surface area contributed by atoms with Gasteiger partial charge in [0.25, 0.3) is 5.69 Å². The summed E-state index contributed by atoms with van der Waals surface area (Å²) >= 11 is 0. The van der Waals surface area contributed by atoms with Crippen LogP contribution in [-0.4, -0.2) is 4.92 Å². The second-order valence-corrected chi connectivity index (χ2v) is 7.57. The molecule has 4 aromatic carbocycles. The van der Waals surface area contributed by atoms with Gasteiger partial charge in [-0.2, -0.15) is 0 Å². The number of nitro benzene ring substituents is 1. The van der Waals surface area contributed by atoms with Crippen LogP contribution in [0.1, 0.15) is 23.6 Å². The van der Waals surface area contributed by atoms with Gasteiger partial charge in [0, 0.05) is 11.5 Å². The van der Waals surface area contributed by atoms with E-state index in [0.717, 1.165) is 5.56 Å². The van der Waals surface area contributed by atoms with E-state index in [4.69, 9.17) is 0 Å². The van der Waals surface area contributed by atoms with E-state index < -0.39 is 0 Å². The molecule has 5 rings (SSSR count). The molecule has 1 aliphatic carbocycles. The largest absolute Gasteiger partial charge is 0.277 e. The molecule has 0 heterocycles. The molecule has 29 heavy (non-hydrogen) atoms. The first kappa shape index (κ1) is 17.4. The summed E-state index contributed by atoms with van der Waals surface area (Å²) in [7, 11) is 0. The molecule has 0 saturated heterocycles. The van der Waals surface area contributed by atoms with Gasteiger partial charge in [0.15, 0.2) is 0 Å². The molecule has 3 heteroatoms. The lowest BCUT2D eigenvalue weighted by atomic mass is 9.74. The van der Waals surface area contributed by atoms with Crippen LogP contribution in [0.3, 0.4) is 0 Å². The molecule has 1 aliphatic rings. The Morgan fingerprint density at radius 2 is 1.31 bits per heavy atom. The second kappa shape index (κ2) is 6.42. The Morgan fingerprint density at radius 1 is 0.690 bits per heavy atom. The van der Waals surface area contributed by atoms with Gasteiger partial charge in [-0.15, -0.1) is 0 Å². The first-order chi connectivity index (χ1) is 14.1. The van der Waals surface area contributed by atoms with Gasteiger partial charge < -0.3 is 0 Å². The first-order valence-electron chi connectivity index (χ1n) is 9.64. The standard InChI is InChI=1S/C26H19NO2/c1-26(19-9-3-2-4-10-19)23-13-7-5-12-21(23)22-16-15-18(17-24(22)26)20-11-6-8-14-25(20)27(28)29/h2-17H,1H3. The molecule has 1 unspecified atom stereocenters. The molecule has 0 amide bonds. The van der Waals surface area contributed by atoms with Crippen molar-refractivity contribution in [2.45, 2.75) is 12.3 Å². The highest BCUT2D eigenvalue weighted by Gasteiger charge is 2.40. The maximum Gasteiger partial charge on any atom is 0.277 e. The average Bonchev–Trinajstić information content (AvgIpc) is 3.04. The lowest BCUT2D eigenvalue weighted by Crippen LogP contribution is -2.22. The molecular weight excluding hydrogens is 358 g/mol. The fraction of sp³-hybridized carbons (Fsp3) is 0.0769. The van der Waals surface area contributed by atoms with Crippen LogP contribution in [0.15, 0.2) is 97.1 Å². The Kier molecular flexibility index (Phi) is 3.85. The van der Waals surface area contributed by atoms with Crippen LogP contribution in [0.4, 0.5) is 5.69 Å². The summed E-state index contributed by atoms with van der Waals surface area (Å²) in [6.07, 6.45) is 0. The quantitative estimate of drug-likeness (QED) is 0.298. The Hall–Kier alpha value is -3.72. The van der Waals surface area contributed by atoms with Gasteiger partial charge in [-0.3, -0.25) is 10.1 Å². The van der Waals surface area contributed by atoms with Crippen molar-refractivity contribution < 1.29 is 4.92 Å². The van der Waals surface area contributed by atoms with Crippen LogP contribution in [0.5, 0.6) is 0 Å². The van der Waals surface area contributed by atoms with Gasteiger partial charge >= 0.3 is 0 Å². The third-order valence-corrected chi connectivity index (χ3v) is 6.08. The van der Waals surface area contributed by atoms with Crippen molar-refractivity contribution in [3.8, 4) is 22.3 Å². The van der Waals surface area contributed by atoms with Gasteiger partial charge in [-0.1, -0.05) is 78.9 Å². The minimum absolute atomic E-state index is 0.129. The molecule has 0 aliphatic heterocycles. The number of hydrogen-bond acceptors (Lipinski definition) is 2. The van der Waals surface area contributed by atoms with Crippen LogP contribution >= 0.6 is 0 Å². The van der Waals surface area contributed by atoms with Crippen molar-refractivity contribution >= 4 is 5.69 Å². The zero-order valence-corrected chi connectivity index (χ0v) is 16.0. The van der Waals surface area contributed by atoms with Gasteiger partial charge in [-0.05, 0) is 52.4 Å². The van der Waals surface area contributed by atoms with Gasteiger partial charge in [0.2, 0.25) is 0 Å². The van der Waals surface area contributed by atoms with E-state index in [-0.39, 0.29) is 16.0 Å². The Labute approximate surface area is 169 Å². The van der Waals surface area contributed by atoms with E-state index >= 15 is 0 Å². The maximum atomic E-state index is 11.6. The predicted molar refractivity (Wildman–Crippen MR) is 116 cm³/mol. The Morgan fingerprint density at radius 3 is 2.07 bits per heavy atom. The Bertz CT molecular complexity index is 1250. The number of nitro groups is 1. The molecule has 0 spiro atoms. The minimum atomic E-state index is -0.313. The highest BCUT2D eigenvalue weighted by atomic mass is 16.6. The molecule has 4 aromatic rings. The average molecular weight is 377 g/mol. The zero-order valence-electron chi connectivity index (χ0n) is 16.0. The normalized spacial score (nSPS) is 16.9. The molecule has 1 atom stereocenters. The van der Waals surface area contributed by atoms with Crippen LogP contribution in [-0.2, 0) is 5.41 Å². The van der Waals surface area contributed by atoms with E-state index in [1.807, 2.05) is 24.3 Å². The van der Waals surface area contributed by atoms with Crippen LogP contribution < -0.4 is 0 Å². The fourth-order valence-electron chi connectivity index (χ4n) is 4.62. The summed E-state index contributed by atoms with van der Waals surface area (Å²) < 4.78 is 0. The molecule has 0 radical (unpaired) electrons. The second-order valence-electron chi connectivity index (χ2n) is 7.57. The van der Waals surface area contributed by atoms with Crippen molar-refractivity contribution in [2.24, 2.45) is 0 Å². The minimum Gasteiger partial charge on any atom is -0.258 e. The molecule has 0 fully saturated rings. The first-order valence-corrected chi connectivity index (χ1v) is 9.64. The van der Waals surface area contributed by atoms with Crippen molar-refractivity contribution in [1.82, 2.24) is 0 Å². The molecule has 0 N–H and O–H groups in total. The molecule has 0 saturated carbocycles. The number of nitrogens with zero attached hydrogens (tertiary/aromatic N) is 1. The molecule has 140 valence electrons. The number of benzene rings is 4. The van der Waals surface area contributed by atoms with E-state index in [1.54, 1.807) is 12.1 Å². The number of fused-ring (bicyclic) bond motifs is 3. The highest BCUT2D eigenvalue weighted by molar-refractivity contribution is 5.86. The van der Waals surface area contributed by atoms with E-state index in [2.05, 4.69) is 67.6 Å². The van der Waals surface area contributed by atoms with E-state index in [1.165, 1.54) is 27.8 Å². The van der Waals surface area contributed by atoms with Gasteiger partial charge in [-0.25, -0.2) is 0 Å². The molecule has 0 bridgehead atoms. The molecule has 0 aromatic heterocycles. The van der Waals surface area contributed by atoms with Crippen molar-refractivity contribution in [1.29, 1.82) is 0 Å². The zero-order chi connectivity index (χ0) is 20.0. The van der Waals surface area contributed by atoms with Crippen LogP contribution in [0, 0.1) is 10.1 Å². The van der Waals surface area contributed by atoms with Crippen molar-refractivity contribution in [2.75, 3.05) is 0 Å². The number of hydrogen-bond donors (Lipinski definition) is 0. The summed E-state index contributed by atoms with van der Waals surface area (Å²) in [6.45, 7) is 2.25. The summed E-state index contributed by atoms with van der Waals surface area (Å²) in [5.74, 6) is 0. The lowest BCUT2D eigenvalue weighted by Gasteiger charge is -2.28. The summed E-state index contributed by atoms with van der Waals surface area (Å²) in [5, 5.41) is 11.6.